The Morgan fingerprint density at radius 2 is 1.14 bits per heavy atom. The van der Waals surface area contributed by atoms with E-state index in [1.165, 1.54) is 44.3 Å². The Hall–Kier alpha value is -5.15. The fourth-order valence-corrected chi connectivity index (χ4v) is 7.85. The van der Waals surface area contributed by atoms with E-state index in [0.29, 0.717) is 0 Å². The summed E-state index contributed by atoms with van der Waals surface area (Å²) < 4.78 is 0. The summed E-state index contributed by atoms with van der Waals surface area (Å²) in [4.78, 5) is 14.6. The van der Waals surface area contributed by atoms with Crippen molar-refractivity contribution in [2.45, 2.75) is 38.5 Å². The second-order valence-electron chi connectivity index (χ2n) is 13.3. The highest BCUT2D eigenvalue weighted by Crippen LogP contribution is 2.63. The van der Waals surface area contributed by atoms with Crippen LogP contribution in [0.4, 0.5) is 0 Å². The number of para-hydroxylation sites is 1. The average molecular weight is 566 g/mol. The quantitative estimate of drug-likeness (QED) is 0.196. The molecule has 3 heteroatoms. The van der Waals surface area contributed by atoms with Gasteiger partial charge in [0.15, 0.2) is 0 Å². The van der Waals surface area contributed by atoms with Crippen LogP contribution in [-0.2, 0) is 10.8 Å². The van der Waals surface area contributed by atoms with Gasteiger partial charge in [-0.3, -0.25) is 9.97 Å². The number of hydrogen-bond donors (Lipinski definition) is 0. The van der Waals surface area contributed by atoms with Gasteiger partial charge in [0.25, 0.3) is 0 Å². The molecule has 210 valence electrons. The molecule has 0 spiro atoms. The van der Waals surface area contributed by atoms with Gasteiger partial charge in [0, 0.05) is 50.5 Å². The molecule has 0 atom stereocenters. The van der Waals surface area contributed by atoms with Crippen molar-refractivity contribution in [3.63, 3.8) is 0 Å². The molecule has 0 unspecified atom stereocenters. The van der Waals surface area contributed by atoms with Gasteiger partial charge in [0.2, 0.25) is 0 Å². The molecule has 7 aromatic rings. The van der Waals surface area contributed by atoms with Crippen molar-refractivity contribution in [2.24, 2.45) is 0 Å². The van der Waals surface area contributed by atoms with Gasteiger partial charge in [-0.2, -0.15) is 0 Å². The molecule has 2 aliphatic rings. The predicted octanol–water partition coefficient (Wildman–Crippen LogP) is 10.2. The summed E-state index contributed by atoms with van der Waals surface area (Å²) in [6.07, 6.45) is 3.86. The first-order chi connectivity index (χ1) is 21.3. The van der Waals surface area contributed by atoms with Crippen LogP contribution >= 0.6 is 0 Å². The molecule has 44 heavy (non-hydrogen) atoms. The molecule has 3 heterocycles. The number of nitrogens with zero attached hydrogens (tertiary/aromatic N) is 3. The summed E-state index contributed by atoms with van der Waals surface area (Å²) in [6.45, 7) is 9.54. The van der Waals surface area contributed by atoms with Gasteiger partial charge in [0.1, 0.15) is 0 Å². The van der Waals surface area contributed by atoms with Crippen molar-refractivity contribution in [1.82, 2.24) is 15.0 Å². The van der Waals surface area contributed by atoms with E-state index in [9.17, 15) is 0 Å². The van der Waals surface area contributed by atoms with E-state index >= 15 is 0 Å². The fourth-order valence-electron chi connectivity index (χ4n) is 7.85. The van der Waals surface area contributed by atoms with Gasteiger partial charge in [0.05, 0.1) is 22.2 Å². The third-order valence-corrected chi connectivity index (χ3v) is 10.1. The van der Waals surface area contributed by atoms with Crippen LogP contribution in [0.15, 0.2) is 116 Å². The largest absolute Gasteiger partial charge is 0.256 e. The molecule has 2 aliphatic carbocycles. The summed E-state index contributed by atoms with van der Waals surface area (Å²) >= 11 is 0. The van der Waals surface area contributed by atoms with Gasteiger partial charge in [-0.25, -0.2) is 4.98 Å². The third kappa shape index (κ3) is 3.41. The van der Waals surface area contributed by atoms with Gasteiger partial charge in [-0.05, 0) is 75.4 Å². The van der Waals surface area contributed by atoms with Crippen LogP contribution in [0.2, 0.25) is 0 Å². The Kier molecular flexibility index (Phi) is 5.02. The monoisotopic (exact) mass is 565 g/mol. The predicted molar refractivity (Wildman–Crippen MR) is 183 cm³/mol. The van der Waals surface area contributed by atoms with Gasteiger partial charge >= 0.3 is 0 Å². The molecule has 9 rings (SSSR count). The first-order valence-electron chi connectivity index (χ1n) is 15.4. The SMILES string of the molecule is CC1(C)C2=C(c3ccc(-c4cnc5ccccc5c4)cc31)C(C)(C)c1cc(-c3ccc4ccc5cccnc5c4n3)ccc12. The fraction of sp³-hybridized carbons (Fsp3) is 0.146. The number of allylic oxidation sites excluding steroid dienone is 2. The Bertz CT molecular complexity index is 2390. The number of hydrogen-bond acceptors (Lipinski definition) is 3. The normalized spacial score (nSPS) is 16.0. The lowest BCUT2D eigenvalue weighted by Crippen LogP contribution is -2.19. The third-order valence-electron chi connectivity index (χ3n) is 10.1. The maximum atomic E-state index is 5.16. The molecule has 0 fully saturated rings. The molecule has 0 aliphatic heterocycles. The molecule has 0 saturated carbocycles. The number of benzene rings is 4. The van der Waals surface area contributed by atoms with E-state index in [-0.39, 0.29) is 10.8 Å². The van der Waals surface area contributed by atoms with E-state index < -0.39 is 0 Å². The van der Waals surface area contributed by atoms with Crippen LogP contribution in [0.1, 0.15) is 49.9 Å². The van der Waals surface area contributed by atoms with Crippen molar-refractivity contribution in [2.75, 3.05) is 0 Å². The van der Waals surface area contributed by atoms with Crippen molar-refractivity contribution >= 4 is 43.9 Å². The van der Waals surface area contributed by atoms with Gasteiger partial charge in [-0.1, -0.05) is 94.4 Å². The zero-order valence-corrected chi connectivity index (χ0v) is 25.3. The maximum Gasteiger partial charge on any atom is 0.0972 e. The lowest BCUT2D eigenvalue weighted by atomic mass is 9.75. The molecule has 3 aromatic heterocycles. The summed E-state index contributed by atoms with van der Waals surface area (Å²) in [6, 6.07) is 37.2. The van der Waals surface area contributed by atoms with Crippen LogP contribution in [-0.4, -0.2) is 15.0 Å². The number of fused-ring (bicyclic) bond motifs is 8. The molecule has 0 saturated heterocycles. The summed E-state index contributed by atoms with van der Waals surface area (Å²) in [5, 5.41) is 3.39. The lowest BCUT2D eigenvalue weighted by molar-refractivity contribution is 0.694. The van der Waals surface area contributed by atoms with Crippen molar-refractivity contribution in [3.05, 3.63) is 138 Å². The van der Waals surface area contributed by atoms with E-state index in [4.69, 9.17) is 9.97 Å². The van der Waals surface area contributed by atoms with Crippen LogP contribution < -0.4 is 0 Å². The number of pyridine rings is 3. The Morgan fingerprint density at radius 3 is 1.91 bits per heavy atom. The minimum absolute atomic E-state index is 0.124. The molecule has 4 aromatic carbocycles. The number of aromatic nitrogens is 3. The summed E-state index contributed by atoms with van der Waals surface area (Å²) in [5.41, 5.74) is 15.6. The zero-order chi connectivity index (χ0) is 29.8. The maximum absolute atomic E-state index is 5.16. The van der Waals surface area contributed by atoms with Crippen LogP contribution in [0.5, 0.6) is 0 Å². The molecule has 0 bridgehead atoms. The molecule has 0 radical (unpaired) electrons. The topological polar surface area (TPSA) is 38.7 Å². The highest BCUT2D eigenvalue weighted by molar-refractivity contribution is 6.10. The van der Waals surface area contributed by atoms with E-state index in [1.54, 1.807) is 0 Å². The first-order valence-corrected chi connectivity index (χ1v) is 15.4. The minimum atomic E-state index is -0.139. The number of rotatable bonds is 2. The van der Waals surface area contributed by atoms with Gasteiger partial charge in [-0.15, -0.1) is 0 Å². The van der Waals surface area contributed by atoms with Crippen molar-refractivity contribution in [1.29, 1.82) is 0 Å². The second kappa shape index (κ2) is 8.70. The lowest BCUT2D eigenvalue weighted by Gasteiger charge is -2.28. The average Bonchev–Trinajstić information content (AvgIpc) is 3.45. The smallest absolute Gasteiger partial charge is 0.0972 e. The Morgan fingerprint density at radius 1 is 0.500 bits per heavy atom. The van der Waals surface area contributed by atoms with Crippen LogP contribution in [0.25, 0.3) is 66.2 Å². The highest BCUT2D eigenvalue weighted by Gasteiger charge is 2.49. The Labute approximate surface area is 257 Å². The summed E-state index contributed by atoms with van der Waals surface area (Å²) in [5.74, 6) is 0. The second-order valence-corrected chi connectivity index (χ2v) is 13.3. The standard InChI is InChI=1S/C41H31N3/c1-40(2)32-21-26(29-20-27-8-5-6-10-34(27)43-23-29)13-16-30(32)36-37(40)31-17-14-28(22-33(31)41(36,3)4)35-18-15-25-12-11-24-9-7-19-42-38(24)39(25)44-35/h5-23H,1-4H3. The van der Waals surface area contributed by atoms with E-state index in [0.717, 1.165) is 44.1 Å². The molecule has 0 amide bonds. The van der Waals surface area contributed by atoms with Crippen LogP contribution in [0.3, 0.4) is 0 Å². The molecule has 0 N–H and O–H groups in total. The van der Waals surface area contributed by atoms with Gasteiger partial charge < -0.3 is 0 Å². The van der Waals surface area contributed by atoms with Crippen molar-refractivity contribution < 1.29 is 0 Å². The first kappa shape index (κ1) is 25.4. The van der Waals surface area contributed by atoms with E-state index in [2.05, 4.69) is 124 Å². The van der Waals surface area contributed by atoms with Crippen molar-refractivity contribution in [3.8, 4) is 22.4 Å². The van der Waals surface area contributed by atoms with E-state index in [1.807, 2.05) is 24.5 Å². The Balaban J connectivity index is 1.14. The summed E-state index contributed by atoms with van der Waals surface area (Å²) in [7, 11) is 0. The molecule has 3 nitrogen and oxygen atoms in total. The zero-order valence-electron chi connectivity index (χ0n) is 25.3. The molecular formula is C41H31N3. The molecular weight excluding hydrogens is 534 g/mol. The van der Waals surface area contributed by atoms with Crippen LogP contribution in [0, 0.1) is 0 Å². The highest BCUT2D eigenvalue weighted by atomic mass is 14.8. The minimum Gasteiger partial charge on any atom is -0.256 e.